The number of nitrogens with one attached hydrogen (secondary N) is 1. The molecule has 1 aromatic rings. The van der Waals surface area contributed by atoms with E-state index in [0.717, 1.165) is 12.0 Å². The van der Waals surface area contributed by atoms with Crippen LogP contribution < -0.4 is 5.32 Å². The highest BCUT2D eigenvalue weighted by molar-refractivity contribution is 6.30. The van der Waals surface area contributed by atoms with Crippen molar-refractivity contribution in [2.45, 2.75) is 18.9 Å². The van der Waals surface area contributed by atoms with Gasteiger partial charge in [-0.3, -0.25) is 19.3 Å². The van der Waals surface area contributed by atoms with Gasteiger partial charge in [0.2, 0.25) is 17.7 Å². The topological polar surface area (TPSA) is 66.5 Å². The van der Waals surface area contributed by atoms with E-state index in [2.05, 4.69) is 17.5 Å². The number of carbonyl (C=O) groups excluding carboxylic acids is 3. The minimum Gasteiger partial charge on any atom is -0.359 e. The summed E-state index contributed by atoms with van der Waals surface area (Å²) in [6.45, 7) is 0. The molecule has 5 unspecified atom stereocenters. The summed E-state index contributed by atoms with van der Waals surface area (Å²) >= 11 is 5.96. The van der Waals surface area contributed by atoms with Crippen LogP contribution in [0.4, 0.5) is 0 Å². The highest BCUT2D eigenvalue weighted by Crippen LogP contribution is 2.54. The number of imide groups is 1. The minimum absolute atomic E-state index is 0.0534. The highest BCUT2D eigenvalue weighted by atomic mass is 35.5. The zero-order valence-electron chi connectivity index (χ0n) is 13.8. The van der Waals surface area contributed by atoms with Crippen LogP contribution in [0.25, 0.3) is 0 Å². The number of amides is 3. The molecule has 0 radical (unpaired) electrons. The lowest BCUT2D eigenvalue weighted by Gasteiger charge is -2.28. The number of rotatable bonds is 4. The van der Waals surface area contributed by atoms with Gasteiger partial charge in [-0.1, -0.05) is 35.9 Å². The largest absolute Gasteiger partial charge is 0.359 e. The summed E-state index contributed by atoms with van der Waals surface area (Å²) in [4.78, 5) is 39.5. The minimum atomic E-state index is -0.595. The molecule has 1 N–H and O–H groups in total. The normalized spacial score (nSPS) is 30.7. The molecule has 2 aliphatic carbocycles. The van der Waals surface area contributed by atoms with E-state index in [4.69, 9.17) is 11.6 Å². The van der Waals surface area contributed by atoms with Gasteiger partial charge < -0.3 is 5.32 Å². The Labute approximate surface area is 151 Å². The van der Waals surface area contributed by atoms with Crippen molar-refractivity contribution >= 4 is 29.3 Å². The highest BCUT2D eigenvalue weighted by Gasteiger charge is 2.60. The zero-order chi connectivity index (χ0) is 17.7. The van der Waals surface area contributed by atoms with Crippen molar-refractivity contribution in [1.29, 1.82) is 0 Å². The average molecular weight is 359 g/mol. The van der Waals surface area contributed by atoms with Crippen LogP contribution in [-0.4, -0.2) is 29.7 Å². The van der Waals surface area contributed by atoms with Gasteiger partial charge in [-0.05, 0) is 36.0 Å². The fourth-order valence-electron chi connectivity index (χ4n) is 4.55. The lowest BCUT2D eigenvalue weighted by atomic mass is 9.85. The maximum atomic E-state index is 13.1. The third kappa shape index (κ3) is 2.49. The first-order valence-electron chi connectivity index (χ1n) is 8.52. The van der Waals surface area contributed by atoms with Crippen LogP contribution in [0.15, 0.2) is 36.4 Å². The van der Waals surface area contributed by atoms with Crippen LogP contribution in [0, 0.1) is 23.7 Å². The molecule has 5 atom stereocenters. The van der Waals surface area contributed by atoms with Crippen molar-refractivity contribution in [3.05, 3.63) is 47.0 Å². The molecule has 0 aromatic heterocycles. The molecule has 1 heterocycles. The van der Waals surface area contributed by atoms with Crippen LogP contribution in [0.5, 0.6) is 0 Å². The van der Waals surface area contributed by atoms with Gasteiger partial charge in [-0.2, -0.15) is 0 Å². The van der Waals surface area contributed by atoms with E-state index in [0.29, 0.717) is 5.02 Å². The Morgan fingerprint density at radius 3 is 2.24 bits per heavy atom. The smallest absolute Gasteiger partial charge is 0.234 e. The van der Waals surface area contributed by atoms with Crippen LogP contribution in [0.1, 0.15) is 24.4 Å². The van der Waals surface area contributed by atoms with Gasteiger partial charge in [0.1, 0.15) is 0 Å². The van der Waals surface area contributed by atoms with Crippen molar-refractivity contribution < 1.29 is 14.4 Å². The second-order valence-corrected chi connectivity index (χ2v) is 7.43. The first kappa shape index (κ1) is 16.3. The van der Waals surface area contributed by atoms with Crippen molar-refractivity contribution in [3.63, 3.8) is 0 Å². The molecule has 1 saturated heterocycles. The quantitative estimate of drug-likeness (QED) is 0.663. The van der Waals surface area contributed by atoms with Gasteiger partial charge >= 0.3 is 0 Å². The lowest BCUT2D eigenvalue weighted by molar-refractivity contribution is -0.144. The Bertz CT molecular complexity index is 743. The fraction of sp³-hybridized carbons (Fsp3) is 0.421. The number of halogens is 1. The predicted octanol–water partition coefficient (Wildman–Crippen LogP) is 2.32. The monoisotopic (exact) mass is 358 g/mol. The molecule has 130 valence electrons. The number of fused-ring (bicyclic) bond motifs is 5. The Kier molecular flexibility index (Phi) is 3.91. The summed E-state index contributed by atoms with van der Waals surface area (Å²) in [7, 11) is 1.55. The molecular weight excluding hydrogens is 340 g/mol. The van der Waals surface area contributed by atoms with Crippen LogP contribution in [0.2, 0.25) is 5.02 Å². The zero-order valence-corrected chi connectivity index (χ0v) is 14.6. The summed E-state index contributed by atoms with van der Waals surface area (Å²) in [5.74, 6) is -0.710. The van der Waals surface area contributed by atoms with Crippen LogP contribution >= 0.6 is 11.6 Å². The SMILES string of the molecule is CNC(=O)CC(c1ccc(Cl)cc1)N1C(=O)C2C3C=CC(C3)C2C1=O. The van der Waals surface area contributed by atoms with Crippen LogP contribution in [-0.2, 0) is 14.4 Å². The number of benzene rings is 1. The van der Waals surface area contributed by atoms with Crippen molar-refractivity contribution in [1.82, 2.24) is 10.2 Å². The molecule has 1 saturated carbocycles. The molecular formula is C19H19ClN2O3. The van der Waals surface area contributed by atoms with Gasteiger partial charge in [0.25, 0.3) is 0 Å². The van der Waals surface area contributed by atoms with Gasteiger partial charge in [-0.25, -0.2) is 0 Å². The predicted molar refractivity (Wildman–Crippen MR) is 92.4 cm³/mol. The Balaban J connectivity index is 1.70. The summed E-state index contributed by atoms with van der Waals surface area (Å²) in [5, 5.41) is 3.15. The average Bonchev–Trinajstić information content (AvgIpc) is 3.28. The van der Waals surface area contributed by atoms with E-state index < -0.39 is 6.04 Å². The van der Waals surface area contributed by atoms with E-state index in [9.17, 15) is 14.4 Å². The number of allylic oxidation sites excluding steroid dienone is 2. The van der Waals surface area contributed by atoms with Gasteiger partial charge in [-0.15, -0.1) is 0 Å². The number of hydrogen-bond acceptors (Lipinski definition) is 3. The summed E-state index contributed by atoms with van der Waals surface area (Å²) in [6.07, 6.45) is 5.08. The third-order valence-electron chi connectivity index (χ3n) is 5.73. The molecule has 2 bridgehead atoms. The maximum Gasteiger partial charge on any atom is 0.234 e. The molecule has 1 aliphatic heterocycles. The maximum absolute atomic E-state index is 13.1. The summed E-state index contributed by atoms with van der Waals surface area (Å²) in [6, 6.07) is 6.38. The van der Waals surface area contributed by atoms with E-state index >= 15 is 0 Å². The second-order valence-electron chi connectivity index (χ2n) is 6.99. The number of hydrogen-bond donors (Lipinski definition) is 1. The second kappa shape index (κ2) is 5.99. The number of likely N-dealkylation sites (tertiary alicyclic amines) is 1. The first-order valence-corrected chi connectivity index (χ1v) is 8.90. The molecule has 25 heavy (non-hydrogen) atoms. The summed E-state index contributed by atoms with van der Waals surface area (Å²) in [5.41, 5.74) is 0.745. The molecule has 6 heteroatoms. The molecule has 5 nitrogen and oxygen atoms in total. The van der Waals surface area contributed by atoms with Crippen molar-refractivity contribution in [3.8, 4) is 0 Å². The fourth-order valence-corrected chi connectivity index (χ4v) is 4.68. The standard InChI is InChI=1S/C19H19ClN2O3/c1-21-15(23)9-14(10-4-6-13(20)7-5-10)22-18(24)16-11-2-3-12(8-11)17(16)19(22)25/h2-7,11-12,14,16-17H,8-9H2,1H3,(H,21,23). The molecule has 2 fully saturated rings. The summed E-state index contributed by atoms with van der Waals surface area (Å²) < 4.78 is 0. The Morgan fingerprint density at radius 1 is 1.16 bits per heavy atom. The number of carbonyl (C=O) groups is 3. The van der Waals surface area contributed by atoms with E-state index in [1.807, 2.05) is 0 Å². The first-order chi connectivity index (χ1) is 12.0. The van der Waals surface area contributed by atoms with Gasteiger partial charge in [0.05, 0.1) is 24.3 Å². The van der Waals surface area contributed by atoms with E-state index in [1.54, 1.807) is 31.3 Å². The molecule has 3 aliphatic rings. The molecule has 4 rings (SSSR count). The molecule has 3 amide bonds. The van der Waals surface area contributed by atoms with Gasteiger partial charge in [0, 0.05) is 12.1 Å². The Morgan fingerprint density at radius 2 is 1.72 bits per heavy atom. The Hall–Kier alpha value is -2.14. The van der Waals surface area contributed by atoms with E-state index in [1.165, 1.54) is 4.90 Å². The molecule has 0 spiro atoms. The van der Waals surface area contributed by atoms with Crippen LogP contribution in [0.3, 0.4) is 0 Å². The van der Waals surface area contributed by atoms with Crippen molar-refractivity contribution in [2.75, 3.05) is 7.05 Å². The van der Waals surface area contributed by atoms with Crippen molar-refractivity contribution in [2.24, 2.45) is 23.7 Å². The molecule has 1 aromatic carbocycles. The van der Waals surface area contributed by atoms with E-state index in [-0.39, 0.29) is 47.8 Å². The third-order valence-corrected chi connectivity index (χ3v) is 5.98. The number of nitrogens with zero attached hydrogens (tertiary/aromatic N) is 1. The lowest BCUT2D eigenvalue weighted by Crippen LogP contribution is -2.39. The van der Waals surface area contributed by atoms with Gasteiger partial charge in [0.15, 0.2) is 0 Å².